The van der Waals surface area contributed by atoms with E-state index in [1.54, 1.807) is 0 Å². The number of rotatable bonds is 3. The molecule has 2 saturated heterocycles. The van der Waals surface area contributed by atoms with Gasteiger partial charge in [0.2, 0.25) is 0 Å². The van der Waals surface area contributed by atoms with Crippen LogP contribution in [0.3, 0.4) is 0 Å². The van der Waals surface area contributed by atoms with Gasteiger partial charge in [0.15, 0.2) is 5.96 Å². The van der Waals surface area contributed by atoms with Crippen LogP contribution in [-0.2, 0) is 4.74 Å². The van der Waals surface area contributed by atoms with Gasteiger partial charge in [-0.15, -0.1) is 0 Å². The van der Waals surface area contributed by atoms with Gasteiger partial charge < -0.3 is 15.0 Å². The van der Waals surface area contributed by atoms with Gasteiger partial charge in [0.1, 0.15) is 0 Å². The Balaban J connectivity index is 1.53. The van der Waals surface area contributed by atoms with E-state index in [1.165, 1.54) is 45.1 Å². The van der Waals surface area contributed by atoms with Gasteiger partial charge in [-0.1, -0.05) is 19.3 Å². The monoisotopic (exact) mass is 336 g/mol. The third-order valence-electron chi connectivity index (χ3n) is 6.41. The number of ether oxygens (including phenoxy) is 1. The molecule has 5 nitrogen and oxygen atoms in total. The zero-order valence-electron chi connectivity index (χ0n) is 15.9. The maximum absolute atomic E-state index is 5.49. The molecule has 0 aromatic heterocycles. The second-order valence-corrected chi connectivity index (χ2v) is 8.54. The second-order valence-electron chi connectivity index (χ2n) is 8.54. The molecule has 3 fully saturated rings. The molecule has 24 heavy (non-hydrogen) atoms. The van der Waals surface area contributed by atoms with E-state index in [0.29, 0.717) is 5.41 Å². The van der Waals surface area contributed by atoms with Crippen molar-refractivity contribution in [2.24, 2.45) is 10.4 Å². The van der Waals surface area contributed by atoms with Crippen molar-refractivity contribution in [3.8, 4) is 0 Å². The van der Waals surface area contributed by atoms with Crippen molar-refractivity contribution in [2.75, 3.05) is 53.0 Å². The molecule has 0 atom stereocenters. The molecule has 138 valence electrons. The zero-order valence-corrected chi connectivity index (χ0v) is 15.9. The van der Waals surface area contributed by atoms with E-state index in [4.69, 9.17) is 4.74 Å². The first-order valence-corrected chi connectivity index (χ1v) is 9.83. The lowest BCUT2D eigenvalue weighted by Gasteiger charge is -2.41. The van der Waals surface area contributed by atoms with Gasteiger partial charge >= 0.3 is 0 Å². The summed E-state index contributed by atoms with van der Waals surface area (Å²) in [6.45, 7) is 11.7. The molecule has 0 aromatic rings. The fourth-order valence-corrected chi connectivity index (χ4v) is 4.73. The van der Waals surface area contributed by atoms with Crippen LogP contribution in [0.25, 0.3) is 0 Å². The normalized spacial score (nSPS) is 26.1. The summed E-state index contributed by atoms with van der Waals surface area (Å²) in [5.74, 6) is 1.10. The highest BCUT2D eigenvalue weighted by molar-refractivity contribution is 5.80. The van der Waals surface area contributed by atoms with Crippen molar-refractivity contribution in [3.05, 3.63) is 0 Å². The molecule has 0 radical (unpaired) electrons. The lowest BCUT2D eigenvalue weighted by molar-refractivity contribution is -0.00847. The fourth-order valence-electron chi connectivity index (χ4n) is 4.73. The predicted octanol–water partition coefficient (Wildman–Crippen LogP) is 2.33. The van der Waals surface area contributed by atoms with Crippen LogP contribution in [0.4, 0.5) is 0 Å². The number of nitrogens with one attached hydrogen (secondary N) is 1. The topological polar surface area (TPSA) is 40.1 Å². The maximum Gasteiger partial charge on any atom is 0.193 e. The van der Waals surface area contributed by atoms with E-state index in [0.717, 1.165) is 45.4 Å². The summed E-state index contributed by atoms with van der Waals surface area (Å²) < 4.78 is 5.49. The van der Waals surface area contributed by atoms with Gasteiger partial charge in [-0.05, 0) is 38.5 Å². The van der Waals surface area contributed by atoms with Crippen LogP contribution in [0.15, 0.2) is 4.99 Å². The van der Waals surface area contributed by atoms with Gasteiger partial charge in [0, 0.05) is 45.3 Å². The minimum Gasteiger partial charge on any atom is -0.379 e. The average Bonchev–Trinajstić information content (AvgIpc) is 3.00. The Morgan fingerprint density at radius 1 is 1.08 bits per heavy atom. The molecule has 0 aromatic carbocycles. The number of morpholine rings is 1. The molecular weight excluding hydrogens is 300 g/mol. The van der Waals surface area contributed by atoms with E-state index in [2.05, 4.69) is 34.0 Å². The Morgan fingerprint density at radius 2 is 1.79 bits per heavy atom. The molecule has 1 N–H and O–H groups in total. The van der Waals surface area contributed by atoms with Crippen molar-refractivity contribution < 1.29 is 4.74 Å². The summed E-state index contributed by atoms with van der Waals surface area (Å²) in [7, 11) is 1.93. The van der Waals surface area contributed by atoms with E-state index in [-0.39, 0.29) is 5.54 Å². The summed E-state index contributed by atoms with van der Waals surface area (Å²) >= 11 is 0. The van der Waals surface area contributed by atoms with Crippen molar-refractivity contribution in [3.63, 3.8) is 0 Å². The molecule has 5 heteroatoms. The smallest absolute Gasteiger partial charge is 0.193 e. The largest absolute Gasteiger partial charge is 0.379 e. The molecule has 0 unspecified atom stereocenters. The molecule has 0 amide bonds. The Bertz CT molecular complexity index is 437. The Morgan fingerprint density at radius 3 is 2.46 bits per heavy atom. The van der Waals surface area contributed by atoms with Gasteiger partial charge in [-0.2, -0.15) is 0 Å². The molecule has 2 heterocycles. The Labute approximate surface area is 147 Å². The highest BCUT2D eigenvalue weighted by Crippen LogP contribution is 2.43. The van der Waals surface area contributed by atoms with Crippen LogP contribution in [0.1, 0.15) is 52.4 Å². The number of guanidine groups is 1. The highest BCUT2D eigenvalue weighted by Gasteiger charge is 2.40. The second kappa shape index (κ2) is 7.61. The summed E-state index contributed by atoms with van der Waals surface area (Å²) in [5.41, 5.74) is 0.706. The third-order valence-corrected chi connectivity index (χ3v) is 6.41. The molecule has 1 saturated carbocycles. The van der Waals surface area contributed by atoms with Crippen molar-refractivity contribution >= 4 is 5.96 Å². The standard InChI is InChI=1S/C19H36N4O/c1-18(2,23-11-13-24-14-12-23)15-21-17(20-3)22-10-9-19(16-22)7-5-4-6-8-19/h4-16H2,1-3H3,(H,20,21). The molecule has 2 aliphatic heterocycles. The van der Waals surface area contributed by atoms with Crippen LogP contribution >= 0.6 is 0 Å². The van der Waals surface area contributed by atoms with E-state index in [9.17, 15) is 0 Å². The maximum atomic E-state index is 5.49. The Hall–Kier alpha value is -0.810. The van der Waals surface area contributed by atoms with Crippen molar-refractivity contribution in [2.45, 2.75) is 57.9 Å². The van der Waals surface area contributed by atoms with Crippen LogP contribution < -0.4 is 5.32 Å². The first-order valence-electron chi connectivity index (χ1n) is 9.83. The third kappa shape index (κ3) is 4.05. The molecular formula is C19H36N4O. The first-order chi connectivity index (χ1) is 11.5. The van der Waals surface area contributed by atoms with Crippen LogP contribution in [0.2, 0.25) is 0 Å². The quantitative estimate of drug-likeness (QED) is 0.634. The summed E-state index contributed by atoms with van der Waals surface area (Å²) in [6, 6.07) is 0. The van der Waals surface area contributed by atoms with Crippen molar-refractivity contribution in [1.82, 2.24) is 15.1 Å². The molecule has 1 spiro atoms. The average molecular weight is 337 g/mol. The van der Waals surface area contributed by atoms with E-state index in [1.807, 2.05) is 7.05 Å². The minimum absolute atomic E-state index is 0.127. The predicted molar refractivity (Wildman–Crippen MR) is 99.5 cm³/mol. The number of aliphatic imine (C=N–C) groups is 1. The highest BCUT2D eigenvalue weighted by atomic mass is 16.5. The fraction of sp³-hybridized carbons (Fsp3) is 0.947. The lowest BCUT2D eigenvalue weighted by atomic mass is 9.73. The van der Waals surface area contributed by atoms with Crippen LogP contribution in [0, 0.1) is 5.41 Å². The molecule has 3 rings (SSSR count). The SMILES string of the molecule is CN=C(NCC(C)(C)N1CCOCC1)N1CCC2(CCCCC2)C1. The van der Waals surface area contributed by atoms with E-state index >= 15 is 0 Å². The summed E-state index contributed by atoms with van der Waals surface area (Å²) in [5, 5.41) is 3.66. The van der Waals surface area contributed by atoms with Gasteiger partial charge in [0.05, 0.1) is 13.2 Å². The lowest BCUT2D eigenvalue weighted by Crippen LogP contribution is -2.56. The van der Waals surface area contributed by atoms with Gasteiger partial charge in [-0.3, -0.25) is 9.89 Å². The van der Waals surface area contributed by atoms with Gasteiger partial charge in [-0.25, -0.2) is 0 Å². The van der Waals surface area contributed by atoms with Crippen LogP contribution in [0.5, 0.6) is 0 Å². The first kappa shape index (κ1) is 18.0. The molecule has 3 aliphatic rings. The molecule has 1 aliphatic carbocycles. The Kier molecular flexibility index (Phi) is 5.70. The van der Waals surface area contributed by atoms with Gasteiger partial charge in [0.25, 0.3) is 0 Å². The summed E-state index contributed by atoms with van der Waals surface area (Å²) in [4.78, 5) is 9.62. The number of nitrogens with zero attached hydrogens (tertiary/aromatic N) is 3. The summed E-state index contributed by atoms with van der Waals surface area (Å²) in [6.07, 6.45) is 8.45. The minimum atomic E-state index is 0.127. The zero-order chi connectivity index (χ0) is 17.0. The van der Waals surface area contributed by atoms with E-state index < -0.39 is 0 Å². The number of likely N-dealkylation sites (tertiary alicyclic amines) is 1. The van der Waals surface area contributed by atoms with Crippen LogP contribution in [-0.4, -0.2) is 74.3 Å². The molecule has 0 bridgehead atoms. The number of hydrogen-bond donors (Lipinski definition) is 1. The van der Waals surface area contributed by atoms with Crippen molar-refractivity contribution in [1.29, 1.82) is 0 Å². The number of hydrogen-bond acceptors (Lipinski definition) is 3.